The lowest BCUT2D eigenvalue weighted by Gasteiger charge is -2.49. The topological polar surface area (TPSA) is 6.48 Å². The number of hydrogen-bond acceptors (Lipinski definition) is 3. The summed E-state index contributed by atoms with van der Waals surface area (Å²) in [6.07, 6.45) is 7.12. The van der Waals surface area contributed by atoms with E-state index in [0.29, 0.717) is 0 Å². The standard InChI is InChI=1S/C67H77BN2S/c1-40-35-53-58-54(36-40)70(52-28-22-42(61(2,3)4)38-45(52)41-21-24-46-49(37-41)65(11,12)31-29-62(46,5)6)60-57(44-19-17-18-20-55(44)71-60)68(58)51-27-26-48-56(67(15,16)34-33-64(48,9)10)59(51)69(53)43-23-25-47-50(39-43)66(13,14)32-30-63(47,7)8/h17-28,35-39H,29-34H2,1-16H3. The normalized spacial score (nSPS) is 20.4. The number of thiophene rings is 1. The first-order valence-corrected chi connectivity index (χ1v) is 27.9. The predicted molar refractivity (Wildman–Crippen MR) is 311 cm³/mol. The Morgan fingerprint density at radius 1 is 0.493 bits per heavy atom. The highest BCUT2D eigenvalue weighted by Crippen LogP contribution is 2.57. The summed E-state index contributed by atoms with van der Waals surface area (Å²) in [5.41, 5.74) is 25.7. The van der Waals surface area contributed by atoms with Gasteiger partial charge in [-0.1, -0.05) is 165 Å². The molecule has 3 heterocycles. The second-order valence-electron chi connectivity index (χ2n) is 27.8. The lowest BCUT2D eigenvalue weighted by atomic mass is 9.33. The van der Waals surface area contributed by atoms with Crippen molar-refractivity contribution in [3.63, 3.8) is 0 Å². The van der Waals surface area contributed by atoms with E-state index in [-0.39, 0.29) is 44.6 Å². The van der Waals surface area contributed by atoms with Crippen LogP contribution in [0.1, 0.15) is 187 Å². The molecular formula is C67H77BN2S. The van der Waals surface area contributed by atoms with Crippen LogP contribution in [0.4, 0.5) is 33.4 Å². The van der Waals surface area contributed by atoms with Crippen molar-refractivity contribution in [2.45, 2.75) is 187 Å². The Morgan fingerprint density at radius 3 is 1.69 bits per heavy atom. The van der Waals surface area contributed by atoms with Gasteiger partial charge in [-0.05, 0) is 198 Å². The van der Waals surface area contributed by atoms with Crippen molar-refractivity contribution in [1.29, 1.82) is 0 Å². The molecule has 2 nitrogen and oxygen atoms in total. The molecule has 0 unspecified atom stereocenters. The zero-order valence-corrected chi connectivity index (χ0v) is 46.8. The van der Waals surface area contributed by atoms with Gasteiger partial charge in [0, 0.05) is 33.0 Å². The Bertz CT molecular complexity index is 3400. The Kier molecular flexibility index (Phi) is 9.94. The predicted octanol–water partition coefficient (Wildman–Crippen LogP) is 17.3. The molecule has 7 aromatic rings. The monoisotopic (exact) mass is 953 g/mol. The molecule has 1 aromatic heterocycles. The van der Waals surface area contributed by atoms with Gasteiger partial charge in [-0.15, -0.1) is 11.3 Å². The Hall–Kier alpha value is -5.06. The third-order valence-electron chi connectivity index (χ3n) is 19.0. The fraction of sp³-hybridized carbons (Fsp3) is 0.433. The number of nitrogens with zero attached hydrogens (tertiary/aromatic N) is 2. The van der Waals surface area contributed by atoms with Gasteiger partial charge in [0.2, 0.25) is 0 Å². The largest absolute Gasteiger partial charge is 0.311 e. The minimum atomic E-state index is -0.0225. The number of rotatable bonds is 3. The smallest absolute Gasteiger partial charge is 0.254 e. The van der Waals surface area contributed by atoms with Crippen LogP contribution in [-0.4, -0.2) is 6.71 Å². The molecule has 0 bridgehead atoms. The quantitative estimate of drug-likeness (QED) is 0.163. The summed E-state index contributed by atoms with van der Waals surface area (Å²) in [7, 11) is 0. The van der Waals surface area contributed by atoms with E-state index in [4.69, 9.17) is 0 Å². The van der Waals surface area contributed by atoms with Crippen LogP contribution in [0.5, 0.6) is 0 Å². The van der Waals surface area contributed by atoms with Gasteiger partial charge in [-0.2, -0.15) is 0 Å². The number of aryl methyl sites for hydroxylation is 1. The van der Waals surface area contributed by atoms with Gasteiger partial charge in [0.25, 0.3) is 6.71 Å². The van der Waals surface area contributed by atoms with Crippen molar-refractivity contribution < 1.29 is 0 Å². The molecule has 0 amide bonds. The highest BCUT2D eigenvalue weighted by molar-refractivity contribution is 7.26. The maximum Gasteiger partial charge on any atom is 0.254 e. The van der Waals surface area contributed by atoms with Gasteiger partial charge in [0.15, 0.2) is 0 Å². The third-order valence-corrected chi connectivity index (χ3v) is 20.2. The first kappa shape index (κ1) is 47.0. The van der Waals surface area contributed by atoms with Gasteiger partial charge in [-0.25, -0.2) is 0 Å². The van der Waals surface area contributed by atoms with Crippen molar-refractivity contribution in [1.82, 2.24) is 0 Å². The SMILES string of the molecule is Cc1cc2c3c(c1)N(c1ccc4c(c1)C(C)(C)CCC4(C)C)c1c(ccc4c1C(C)(C)CCC4(C)C)B3c1c(sc3ccccc13)N2c1ccc(C(C)(C)C)cc1-c1ccc2c(c1)C(C)(C)CCC2(C)C. The van der Waals surface area contributed by atoms with E-state index in [9.17, 15) is 0 Å². The number of anilines is 6. The van der Waals surface area contributed by atoms with Crippen LogP contribution in [0.2, 0.25) is 0 Å². The Balaban J connectivity index is 1.20. The lowest BCUT2D eigenvalue weighted by Crippen LogP contribution is -2.61. The molecule has 0 saturated carbocycles. The molecule has 71 heavy (non-hydrogen) atoms. The van der Waals surface area contributed by atoms with Gasteiger partial charge >= 0.3 is 0 Å². The first-order chi connectivity index (χ1) is 33.2. The van der Waals surface area contributed by atoms with Gasteiger partial charge in [-0.3, -0.25) is 0 Å². The van der Waals surface area contributed by atoms with E-state index in [1.807, 2.05) is 11.3 Å². The summed E-state index contributed by atoms with van der Waals surface area (Å²) in [4.78, 5) is 5.51. The molecule has 0 atom stereocenters. The van der Waals surface area contributed by atoms with Crippen LogP contribution >= 0.6 is 11.3 Å². The highest BCUT2D eigenvalue weighted by atomic mass is 32.1. The van der Waals surface area contributed by atoms with Gasteiger partial charge < -0.3 is 9.80 Å². The Labute approximate surface area is 431 Å². The molecule has 0 radical (unpaired) electrons. The maximum absolute atomic E-state index is 2.78. The molecule has 6 aromatic carbocycles. The molecule has 0 N–H and O–H groups in total. The van der Waals surface area contributed by atoms with Crippen LogP contribution in [0.15, 0.2) is 103 Å². The molecule has 3 aliphatic carbocycles. The third kappa shape index (κ3) is 6.91. The van der Waals surface area contributed by atoms with E-state index in [1.165, 1.54) is 142 Å². The minimum Gasteiger partial charge on any atom is -0.311 e. The summed E-state index contributed by atoms with van der Waals surface area (Å²) in [6, 6.07) is 42.2. The average molecular weight is 953 g/mol. The molecule has 5 aliphatic rings. The molecule has 364 valence electrons. The summed E-state index contributed by atoms with van der Waals surface area (Å²) in [5.74, 6) is 0. The lowest BCUT2D eigenvalue weighted by molar-refractivity contribution is 0.331. The van der Waals surface area contributed by atoms with Gasteiger partial charge in [0.1, 0.15) is 0 Å². The number of hydrogen-bond donors (Lipinski definition) is 0. The zero-order valence-electron chi connectivity index (χ0n) is 45.9. The van der Waals surface area contributed by atoms with E-state index < -0.39 is 0 Å². The second kappa shape index (κ2) is 15.0. The van der Waals surface area contributed by atoms with Crippen molar-refractivity contribution in [2.75, 3.05) is 9.80 Å². The molecular weight excluding hydrogens is 876 g/mol. The summed E-state index contributed by atoms with van der Waals surface area (Å²) < 4.78 is 1.35. The summed E-state index contributed by atoms with van der Waals surface area (Å²) in [5, 5.41) is 2.72. The van der Waals surface area contributed by atoms with E-state index in [2.05, 4.69) is 224 Å². The zero-order chi connectivity index (χ0) is 50.3. The number of benzene rings is 6. The van der Waals surface area contributed by atoms with E-state index in [1.54, 1.807) is 5.56 Å². The van der Waals surface area contributed by atoms with Crippen LogP contribution in [0.3, 0.4) is 0 Å². The second-order valence-corrected chi connectivity index (χ2v) is 28.9. The maximum atomic E-state index is 2.78. The summed E-state index contributed by atoms with van der Waals surface area (Å²) in [6.45, 7) is 39.3. The molecule has 0 saturated heterocycles. The van der Waals surface area contributed by atoms with Crippen LogP contribution < -0.4 is 26.2 Å². The van der Waals surface area contributed by atoms with E-state index in [0.717, 1.165) is 6.42 Å². The molecule has 2 aliphatic heterocycles. The van der Waals surface area contributed by atoms with Crippen LogP contribution in [0.25, 0.3) is 21.2 Å². The van der Waals surface area contributed by atoms with Crippen molar-refractivity contribution in [3.8, 4) is 11.1 Å². The highest BCUT2D eigenvalue weighted by Gasteiger charge is 2.50. The molecule has 4 heteroatoms. The van der Waals surface area contributed by atoms with E-state index >= 15 is 0 Å². The summed E-state index contributed by atoms with van der Waals surface area (Å²) >= 11 is 1.98. The minimum absolute atomic E-state index is 0.0172. The fourth-order valence-electron chi connectivity index (χ4n) is 14.2. The molecule has 0 fully saturated rings. The Morgan fingerprint density at radius 2 is 1.04 bits per heavy atom. The van der Waals surface area contributed by atoms with Crippen LogP contribution in [-0.2, 0) is 37.9 Å². The van der Waals surface area contributed by atoms with Crippen molar-refractivity contribution in [3.05, 3.63) is 148 Å². The van der Waals surface area contributed by atoms with Crippen molar-refractivity contribution in [2.24, 2.45) is 0 Å². The molecule has 0 spiro atoms. The first-order valence-electron chi connectivity index (χ1n) is 27.1. The van der Waals surface area contributed by atoms with Gasteiger partial charge in [0.05, 0.1) is 10.7 Å². The van der Waals surface area contributed by atoms with Crippen molar-refractivity contribution >= 4 is 78.0 Å². The average Bonchev–Trinajstić information content (AvgIpc) is 3.69. The fourth-order valence-corrected chi connectivity index (χ4v) is 15.5. The molecule has 12 rings (SSSR count). The number of fused-ring (bicyclic) bond motifs is 10. The van der Waals surface area contributed by atoms with Crippen LogP contribution in [0, 0.1) is 6.92 Å².